The van der Waals surface area contributed by atoms with E-state index in [4.69, 9.17) is 4.52 Å². The summed E-state index contributed by atoms with van der Waals surface area (Å²) < 4.78 is 6.14. The summed E-state index contributed by atoms with van der Waals surface area (Å²) in [6.45, 7) is 3.79. The van der Waals surface area contributed by atoms with Gasteiger partial charge in [-0.3, -0.25) is 5.10 Å². The van der Waals surface area contributed by atoms with Gasteiger partial charge in [-0.1, -0.05) is 5.16 Å². The molecule has 0 saturated heterocycles. The van der Waals surface area contributed by atoms with Gasteiger partial charge in [-0.25, -0.2) is 4.98 Å². The molecule has 0 saturated carbocycles. The van der Waals surface area contributed by atoms with Crippen molar-refractivity contribution in [3.8, 4) is 11.3 Å². The van der Waals surface area contributed by atoms with Gasteiger partial charge < -0.3 is 4.52 Å². The molecule has 0 aromatic carbocycles. The van der Waals surface area contributed by atoms with Gasteiger partial charge in [0.1, 0.15) is 9.46 Å². The average molecular weight is 340 g/mol. The van der Waals surface area contributed by atoms with E-state index in [0.29, 0.717) is 5.65 Å². The Morgan fingerprint density at radius 1 is 1.29 bits per heavy atom. The number of hydrogen-bond donors (Lipinski definition) is 1. The zero-order chi connectivity index (χ0) is 12.0. The van der Waals surface area contributed by atoms with E-state index in [1.54, 1.807) is 0 Å². The van der Waals surface area contributed by atoms with Crippen LogP contribution in [0.25, 0.3) is 22.3 Å². The van der Waals surface area contributed by atoms with Crippen LogP contribution >= 0.6 is 22.6 Å². The number of aryl methyl sites for hydroxylation is 2. The Balaban J connectivity index is 2.25. The monoisotopic (exact) mass is 340 g/mol. The molecule has 0 radical (unpaired) electrons. The minimum absolute atomic E-state index is 0.715. The average Bonchev–Trinajstić information content (AvgIpc) is 2.83. The van der Waals surface area contributed by atoms with Crippen LogP contribution in [0.4, 0.5) is 0 Å². The van der Waals surface area contributed by atoms with E-state index in [1.165, 1.54) is 0 Å². The number of halogens is 1. The fraction of sp³-hybridized carbons (Fsp3) is 0.182. The van der Waals surface area contributed by atoms with Gasteiger partial charge in [-0.2, -0.15) is 5.10 Å². The van der Waals surface area contributed by atoms with Crippen molar-refractivity contribution in [2.75, 3.05) is 0 Å². The zero-order valence-electron chi connectivity index (χ0n) is 9.28. The SMILES string of the molecule is Cc1noc(C)c1-c1ccc2c(I)[nH]nc2n1. The first-order valence-corrected chi connectivity index (χ1v) is 6.18. The lowest BCUT2D eigenvalue weighted by Crippen LogP contribution is -1.87. The zero-order valence-corrected chi connectivity index (χ0v) is 11.4. The topological polar surface area (TPSA) is 67.6 Å². The van der Waals surface area contributed by atoms with Gasteiger partial charge in [0.15, 0.2) is 5.65 Å². The van der Waals surface area contributed by atoms with Crippen LogP contribution in [0.1, 0.15) is 11.5 Å². The highest BCUT2D eigenvalue weighted by atomic mass is 127. The van der Waals surface area contributed by atoms with E-state index in [9.17, 15) is 0 Å². The predicted octanol–water partition coefficient (Wildman–Crippen LogP) is 2.83. The van der Waals surface area contributed by atoms with Crippen molar-refractivity contribution >= 4 is 33.6 Å². The largest absolute Gasteiger partial charge is 0.361 e. The summed E-state index contributed by atoms with van der Waals surface area (Å²) in [4.78, 5) is 4.51. The lowest BCUT2D eigenvalue weighted by Gasteiger charge is -1.98. The fourth-order valence-electron chi connectivity index (χ4n) is 1.86. The Morgan fingerprint density at radius 2 is 2.12 bits per heavy atom. The molecule has 0 aliphatic carbocycles. The Morgan fingerprint density at radius 3 is 2.82 bits per heavy atom. The fourth-order valence-corrected chi connectivity index (χ4v) is 2.40. The maximum Gasteiger partial charge on any atom is 0.182 e. The molecule has 5 nitrogen and oxygen atoms in total. The molecule has 86 valence electrons. The van der Waals surface area contributed by atoms with Crippen molar-refractivity contribution in [2.45, 2.75) is 13.8 Å². The number of nitrogens with zero attached hydrogens (tertiary/aromatic N) is 3. The van der Waals surface area contributed by atoms with Gasteiger partial charge in [-0.15, -0.1) is 0 Å². The van der Waals surface area contributed by atoms with Gasteiger partial charge >= 0.3 is 0 Å². The summed E-state index contributed by atoms with van der Waals surface area (Å²) in [6, 6.07) is 3.97. The quantitative estimate of drug-likeness (QED) is 0.692. The van der Waals surface area contributed by atoms with Crippen LogP contribution in [0.5, 0.6) is 0 Å². The van der Waals surface area contributed by atoms with Crippen LogP contribution in [-0.4, -0.2) is 20.3 Å². The van der Waals surface area contributed by atoms with Crippen molar-refractivity contribution in [2.24, 2.45) is 0 Å². The minimum atomic E-state index is 0.715. The maximum atomic E-state index is 5.15. The summed E-state index contributed by atoms with van der Waals surface area (Å²) in [7, 11) is 0. The summed E-state index contributed by atoms with van der Waals surface area (Å²) in [5, 5.41) is 12.0. The van der Waals surface area contributed by atoms with Crippen LogP contribution in [-0.2, 0) is 0 Å². The first kappa shape index (κ1) is 10.7. The summed E-state index contributed by atoms with van der Waals surface area (Å²) in [5.41, 5.74) is 3.35. The van der Waals surface area contributed by atoms with E-state index in [0.717, 1.165) is 31.8 Å². The standard InChI is InChI=1S/C11H9IN4O/c1-5-9(6(2)17-16-5)8-4-3-7-10(12)14-15-11(7)13-8/h3-4H,1-2H3,(H,13,14,15). The number of nitrogens with one attached hydrogen (secondary N) is 1. The molecule has 3 aromatic rings. The molecule has 3 aromatic heterocycles. The van der Waals surface area contributed by atoms with Gasteiger partial charge in [0.2, 0.25) is 0 Å². The number of aromatic nitrogens is 4. The number of hydrogen-bond acceptors (Lipinski definition) is 4. The van der Waals surface area contributed by atoms with Crippen LogP contribution in [0.15, 0.2) is 16.7 Å². The lowest BCUT2D eigenvalue weighted by atomic mass is 10.1. The molecule has 0 spiro atoms. The molecule has 0 amide bonds. The molecular weight excluding hydrogens is 331 g/mol. The van der Waals surface area contributed by atoms with Gasteiger partial charge in [0, 0.05) is 0 Å². The second-order valence-corrected chi connectivity index (χ2v) is 4.88. The molecule has 1 N–H and O–H groups in total. The Kier molecular flexibility index (Phi) is 2.39. The van der Waals surface area contributed by atoms with E-state index < -0.39 is 0 Å². The molecule has 3 heterocycles. The number of aromatic amines is 1. The van der Waals surface area contributed by atoms with Gasteiger partial charge in [0.05, 0.1) is 22.3 Å². The Labute approximate surface area is 111 Å². The highest BCUT2D eigenvalue weighted by molar-refractivity contribution is 14.1. The van der Waals surface area contributed by atoms with E-state index >= 15 is 0 Å². The molecular formula is C11H9IN4O. The van der Waals surface area contributed by atoms with Crippen molar-refractivity contribution in [1.82, 2.24) is 20.3 Å². The highest BCUT2D eigenvalue weighted by Crippen LogP contribution is 2.27. The van der Waals surface area contributed by atoms with E-state index in [2.05, 4.69) is 42.9 Å². The molecule has 0 atom stereocenters. The number of fused-ring (bicyclic) bond motifs is 1. The second kappa shape index (κ2) is 3.80. The molecule has 0 bridgehead atoms. The van der Waals surface area contributed by atoms with Crippen molar-refractivity contribution < 1.29 is 4.52 Å². The minimum Gasteiger partial charge on any atom is -0.361 e. The second-order valence-electron chi connectivity index (χ2n) is 3.80. The van der Waals surface area contributed by atoms with Crippen LogP contribution in [0.2, 0.25) is 0 Å². The first-order valence-electron chi connectivity index (χ1n) is 5.10. The molecule has 0 aliphatic heterocycles. The van der Waals surface area contributed by atoms with E-state index in [1.807, 2.05) is 26.0 Å². The molecule has 0 unspecified atom stereocenters. The third-order valence-corrected chi connectivity index (χ3v) is 3.48. The van der Waals surface area contributed by atoms with Crippen molar-refractivity contribution in [1.29, 1.82) is 0 Å². The van der Waals surface area contributed by atoms with E-state index in [-0.39, 0.29) is 0 Å². The van der Waals surface area contributed by atoms with Crippen LogP contribution < -0.4 is 0 Å². The maximum absolute atomic E-state index is 5.15. The predicted molar refractivity (Wildman–Crippen MR) is 71.6 cm³/mol. The number of pyridine rings is 1. The molecule has 17 heavy (non-hydrogen) atoms. The summed E-state index contributed by atoms with van der Waals surface area (Å²) >= 11 is 2.20. The van der Waals surface area contributed by atoms with Crippen LogP contribution in [0, 0.1) is 17.5 Å². The lowest BCUT2D eigenvalue weighted by molar-refractivity contribution is 0.393. The highest BCUT2D eigenvalue weighted by Gasteiger charge is 2.14. The Hall–Kier alpha value is -1.44. The summed E-state index contributed by atoms with van der Waals surface area (Å²) in [5.74, 6) is 0.777. The number of H-pyrrole nitrogens is 1. The van der Waals surface area contributed by atoms with Gasteiger partial charge in [-0.05, 0) is 48.6 Å². The normalized spacial score (nSPS) is 11.2. The smallest absolute Gasteiger partial charge is 0.182 e. The third-order valence-electron chi connectivity index (χ3n) is 2.66. The third kappa shape index (κ3) is 1.63. The molecule has 0 aliphatic rings. The van der Waals surface area contributed by atoms with Crippen molar-refractivity contribution in [3.63, 3.8) is 0 Å². The number of rotatable bonds is 1. The van der Waals surface area contributed by atoms with Crippen LogP contribution in [0.3, 0.4) is 0 Å². The molecule has 6 heteroatoms. The first-order chi connectivity index (χ1) is 8.16. The van der Waals surface area contributed by atoms with Crippen molar-refractivity contribution in [3.05, 3.63) is 27.3 Å². The van der Waals surface area contributed by atoms with Gasteiger partial charge in [0.25, 0.3) is 0 Å². The summed E-state index contributed by atoms with van der Waals surface area (Å²) in [6.07, 6.45) is 0. The molecule has 3 rings (SSSR count). The molecule has 0 fully saturated rings. The Bertz CT molecular complexity index is 681.